The molecule has 0 aromatic heterocycles. The third kappa shape index (κ3) is 1.94. The molecule has 0 N–H and O–H groups in total. The van der Waals surface area contributed by atoms with Gasteiger partial charge in [-0.05, 0) is 33.9 Å². The second kappa shape index (κ2) is 4.17. The number of nitriles is 1. The van der Waals surface area contributed by atoms with E-state index in [4.69, 9.17) is 11.8 Å². The zero-order chi connectivity index (χ0) is 13.3. The van der Waals surface area contributed by atoms with Crippen molar-refractivity contribution in [3.05, 3.63) is 52.9 Å². The van der Waals surface area contributed by atoms with Gasteiger partial charge in [0.05, 0.1) is 18.2 Å². The van der Waals surface area contributed by atoms with Gasteiger partial charge in [-0.3, -0.25) is 0 Å². The summed E-state index contributed by atoms with van der Waals surface area (Å²) >= 11 is 0. The van der Waals surface area contributed by atoms with E-state index in [1.165, 1.54) is 5.56 Å². The zero-order valence-corrected chi connectivity index (χ0v) is 10.8. The SMILES string of the molecule is [C-]#[N+]c1ccc(C(C)(C)C)c2ccc(C#N)cc12. The Labute approximate surface area is 107 Å². The summed E-state index contributed by atoms with van der Waals surface area (Å²) < 4.78 is 0. The van der Waals surface area contributed by atoms with Crippen molar-refractivity contribution < 1.29 is 0 Å². The highest BCUT2D eigenvalue weighted by molar-refractivity contribution is 5.97. The molecule has 88 valence electrons. The minimum Gasteiger partial charge on any atom is -0.238 e. The first kappa shape index (κ1) is 12.1. The van der Waals surface area contributed by atoms with Gasteiger partial charge in [0.25, 0.3) is 0 Å². The minimum atomic E-state index is 0.0208. The van der Waals surface area contributed by atoms with Crippen LogP contribution >= 0.6 is 0 Å². The maximum absolute atomic E-state index is 8.96. The lowest BCUT2D eigenvalue weighted by molar-refractivity contribution is 0.596. The van der Waals surface area contributed by atoms with Crippen molar-refractivity contribution in [3.63, 3.8) is 0 Å². The molecule has 0 spiro atoms. The molecule has 0 atom stereocenters. The molecular formula is C16H14N2. The van der Waals surface area contributed by atoms with Crippen molar-refractivity contribution in [3.8, 4) is 6.07 Å². The first-order chi connectivity index (χ1) is 8.47. The number of hydrogen-bond donors (Lipinski definition) is 0. The fraction of sp³-hybridized carbons (Fsp3) is 0.250. The molecule has 2 aromatic carbocycles. The molecule has 0 aliphatic rings. The van der Waals surface area contributed by atoms with E-state index < -0.39 is 0 Å². The Balaban J connectivity index is 2.90. The zero-order valence-electron chi connectivity index (χ0n) is 10.8. The second-order valence-electron chi connectivity index (χ2n) is 5.37. The Bertz CT molecular complexity index is 692. The van der Waals surface area contributed by atoms with E-state index in [2.05, 4.69) is 31.7 Å². The highest BCUT2D eigenvalue weighted by Crippen LogP contribution is 2.35. The molecule has 2 rings (SSSR count). The molecule has 0 unspecified atom stereocenters. The summed E-state index contributed by atoms with van der Waals surface area (Å²) in [7, 11) is 0. The fourth-order valence-corrected chi connectivity index (χ4v) is 2.15. The van der Waals surface area contributed by atoms with Crippen LogP contribution in [-0.2, 0) is 5.41 Å². The van der Waals surface area contributed by atoms with Crippen molar-refractivity contribution >= 4 is 16.5 Å². The second-order valence-corrected chi connectivity index (χ2v) is 5.37. The van der Waals surface area contributed by atoms with Crippen molar-refractivity contribution in [1.82, 2.24) is 0 Å². The number of fused-ring (bicyclic) bond motifs is 1. The Kier molecular flexibility index (Phi) is 2.81. The van der Waals surface area contributed by atoms with Crippen molar-refractivity contribution in [1.29, 1.82) is 5.26 Å². The molecular weight excluding hydrogens is 220 g/mol. The predicted molar refractivity (Wildman–Crippen MR) is 73.6 cm³/mol. The largest absolute Gasteiger partial charge is 0.238 e. The molecule has 0 saturated heterocycles. The van der Waals surface area contributed by atoms with E-state index in [-0.39, 0.29) is 5.41 Å². The van der Waals surface area contributed by atoms with Crippen molar-refractivity contribution in [2.45, 2.75) is 26.2 Å². The quantitative estimate of drug-likeness (QED) is 0.614. The smallest absolute Gasteiger partial charge is 0.194 e. The Hall–Kier alpha value is -2.32. The molecule has 0 amide bonds. The van der Waals surface area contributed by atoms with Crippen LogP contribution in [0.15, 0.2) is 30.3 Å². The maximum atomic E-state index is 8.96. The molecule has 0 bridgehead atoms. The molecule has 2 aromatic rings. The Morgan fingerprint density at radius 3 is 2.39 bits per heavy atom. The summed E-state index contributed by atoms with van der Waals surface area (Å²) in [6, 6.07) is 11.5. The van der Waals surface area contributed by atoms with Gasteiger partial charge >= 0.3 is 0 Å². The Morgan fingerprint density at radius 2 is 1.83 bits per heavy atom. The van der Waals surface area contributed by atoms with E-state index in [1.807, 2.05) is 24.3 Å². The standard InChI is InChI=1S/C16H14N2/c1-16(2,3)14-7-8-15(18-4)13-9-11(10-17)5-6-12(13)14/h5-9H,1-3H3. The summed E-state index contributed by atoms with van der Waals surface area (Å²) in [5.41, 5.74) is 2.43. The van der Waals surface area contributed by atoms with Crippen LogP contribution in [-0.4, -0.2) is 0 Å². The maximum Gasteiger partial charge on any atom is 0.194 e. The third-order valence-corrected chi connectivity index (χ3v) is 3.05. The Morgan fingerprint density at radius 1 is 1.11 bits per heavy atom. The lowest BCUT2D eigenvalue weighted by atomic mass is 9.83. The van der Waals surface area contributed by atoms with E-state index in [9.17, 15) is 0 Å². The number of hydrogen-bond acceptors (Lipinski definition) is 1. The minimum absolute atomic E-state index is 0.0208. The fourth-order valence-electron chi connectivity index (χ4n) is 2.15. The summed E-state index contributed by atoms with van der Waals surface area (Å²) in [5, 5.41) is 10.9. The normalized spacial score (nSPS) is 10.9. The van der Waals surface area contributed by atoms with Gasteiger partial charge in [0, 0.05) is 0 Å². The van der Waals surface area contributed by atoms with Gasteiger partial charge in [-0.1, -0.05) is 39.0 Å². The number of nitrogens with zero attached hydrogens (tertiary/aromatic N) is 2. The lowest BCUT2D eigenvalue weighted by Crippen LogP contribution is -2.11. The molecule has 0 fully saturated rings. The molecule has 0 saturated carbocycles. The van der Waals surface area contributed by atoms with E-state index in [1.54, 1.807) is 6.07 Å². The topological polar surface area (TPSA) is 28.1 Å². The van der Waals surface area contributed by atoms with Gasteiger partial charge in [-0.15, -0.1) is 0 Å². The van der Waals surface area contributed by atoms with Crippen LogP contribution in [0.4, 0.5) is 5.69 Å². The monoisotopic (exact) mass is 234 g/mol. The van der Waals surface area contributed by atoms with Crippen LogP contribution in [0, 0.1) is 17.9 Å². The van der Waals surface area contributed by atoms with Crippen LogP contribution < -0.4 is 0 Å². The van der Waals surface area contributed by atoms with E-state index in [0.717, 1.165) is 10.8 Å². The van der Waals surface area contributed by atoms with Gasteiger partial charge < -0.3 is 0 Å². The van der Waals surface area contributed by atoms with Crippen molar-refractivity contribution in [2.75, 3.05) is 0 Å². The number of benzene rings is 2. The average Bonchev–Trinajstić information content (AvgIpc) is 2.35. The van der Waals surface area contributed by atoms with Crippen LogP contribution in [0.3, 0.4) is 0 Å². The molecule has 2 nitrogen and oxygen atoms in total. The predicted octanol–water partition coefficient (Wildman–Crippen LogP) is 4.56. The summed E-state index contributed by atoms with van der Waals surface area (Å²) in [5.74, 6) is 0. The van der Waals surface area contributed by atoms with E-state index in [0.29, 0.717) is 11.3 Å². The average molecular weight is 234 g/mol. The van der Waals surface area contributed by atoms with Crippen LogP contribution in [0.1, 0.15) is 31.9 Å². The van der Waals surface area contributed by atoms with Gasteiger partial charge in [0.15, 0.2) is 5.69 Å². The summed E-state index contributed by atoms with van der Waals surface area (Å²) in [6.07, 6.45) is 0. The third-order valence-electron chi connectivity index (χ3n) is 3.05. The highest BCUT2D eigenvalue weighted by atomic mass is 14.6. The molecule has 0 heterocycles. The highest BCUT2D eigenvalue weighted by Gasteiger charge is 2.18. The summed E-state index contributed by atoms with van der Waals surface area (Å²) in [6.45, 7) is 13.7. The lowest BCUT2D eigenvalue weighted by Gasteiger charge is -2.22. The van der Waals surface area contributed by atoms with E-state index >= 15 is 0 Å². The molecule has 0 aliphatic carbocycles. The van der Waals surface area contributed by atoms with Gasteiger partial charge in [-0.25, -0.2) is 4.85 Å². The van der Waals surface area contributed by atoms with Crippen molar-refractivity contribution in [2.24, 2.45) is 0 Å². The molecule has 2 heteroatoms. The summed E-state index contributed by atoms with van der Waals surface area (Å²) in [4.78, 5) is 3.54. The number of rotatable bonds is 0. The first-order valence-corrected chi connectivity index (χ1v) is 5.82. The van der Waals surface area contributed by atoms with Crippen LogP contribution in [0.5, 0.6) is 0 Å². The van der Waals surface area contributed by atoms with Gasteiger partial charge in [0.2, 0.25) is 0 Å². The molecule has 0 aliphatic heterocycles. The van der Waals surface area contributed by atoms with Crippen LogP contribution in [0.2, 0.25) is 0 Å². The first-order valence-electron chi connectivity index (χ1n) is 5.82. The van der Waals surface area contributed by atoms with Gasteiger partial charge in [-0.2, -0.15) is 5.26 Å². The van der Waals surface area contributed by atoms with Gasteiger partial charge in [0.1, 0.15) is 0 Å². The molecule has 18 heavy (non-hydrogen) atoms. The van der Waals surface area contributed by atoms with Crippen LogP contribution in [0.25, 0.3) is 15.6 Å². The molecule has 0 radical (unpaired) electrons.